The maximum Gasteiger partial charge on any atom is 0.419 e. The van der Waals surface area contributed by atoms with Crippen molar-refractivity contribution in [2.75, 3.05) is 31.5 Å². The fourth-order valence-electron chi connectivity index (χ4n) is 4.02. The molecule has 0 radical (unpaired) electrons. The first-order valence-corrected chi connectivity index (χ1v) is 13.5. The number of halogens is 4. The van der Waals surface area contributed by atoms with Crippen molar-refractivity contribution in [1.82, 2.24) is 4.90 Å². The molecule has 1 aliphatic carbocycles. The van der Waals surface area contributed by atoms with Crippen LogP contribution in [-0.2, 0) is 16.2 Å². The second kappa shape index (κ2) is 10.1. The van der Waals surface area contributed by atoms with E-state index in [0.29, 0.717) is 37.2 Å². The molecule has 12 heteroatoms. The van der Waals surface area contributed by atoms with Crippen molar-refractivity contribution in [3.05, 3.63) is 57.5 Å². The van der Waals surface area contributed by atoms with Gasteiger partial charge in [-0.1, -0.05) is 23.8 Å². The van der Waals surface area contributed by atoms with Gasteiger partial charge in [-0.3, -0.25) is 4.72 Å². The molecule has 35 heavy (non-hydrogen) atoms. The second-order valence-electron chi connectivity index (χ2n) is 8.51. The Morgan fingerprint density at radius 2 is 2.09 bits per heavy atom. The third-order valence-corrected chi connectivity index (χ3v) is 9.21. The van der Waals surface area contributed by atoms with Gasteiger partial charge in [-0.05, 0) is 55.7 Å². The Kier molecular flexibility index (Phi) is 7.54. The largest absolute Gasteiger partial charge is 0.488 e. The molecule has 4 rings (SSSR count). The van der Waals surface area contributed by atoms with E-state index in [1.807, 2.05) is 18.0 Å². The lowest BCUT2D eigenvalue weighted by atomic mass is 9.99. The molecule has 190 valence electrons. The molecule has 1 fully saturated rings. The molecule has 0 saturated carbocycles. The summed E-state index contributed by atoms with van der Waals surface area (Å²) in [6.45, 7) is 1.08. The van der Waals surface area contributed by atoms with Gasteiger partial charge in [0.05, 0.1) is 27.8 Å². The lowest BCUT2D eigenvalue weighted by Gasteiger charge is -2.19. The van der Waals surface area contributed by atoms with Crippen LogP contribution in [0.5, 0.6) is 5.75 Å². The van der Waals surface area contributed by atoms with Gasteiger partial charge in [0, 0.05) is 19.2 Å². The van der Waals surface area contributed by atoms with Crippen molar-refractivity contribution < 1.29 is 31.4 Å². The number of benzene rings is 1. The van der Waals surface area contributed by atoms with Crippen LogP contribution >= 0.6 is 22.9 Å². The smallest absolute Gasteiger partial charge is 0.419 e. The van der Waals surface area contributed by atoms with Crippen LogP contribution < -0.4 is 9.46 Å². The molecule has 2 aliphatic rings. The van der Waals surface area contributed by atoms with E-state index in [2.05, 4.69) is 4.72 Å². The molecular weight excluding hydrogens is 525 g/mol. The number of sulfonamides is 1. The molecule has 2 aromatic rings. The number of allylic oxidation sites excluding steroid dienone is 3. The monoisotopic (exact) mass is 548 g/mol. The maximum absolute atomic E-state index is 13.5. The first-order chi connectivity index (χ1) is 16.5. The number of aliphatic hydroxyl groups excluding tert-OH is 1. The molecule has 2 N–H and O–H groups in total. The van der Waals surface area contributed by atoms with E-state index in [4.69, 9.17) is 16.3 Å². The number of ether oxygens (including phenoxy) is 1. The predicted molar refractivity (Wildman–Crippen MR) is 130 cm³/mol. The molecule has 0 bridgehead atoms. The number of anilines is 1. The predicted octanol–water partition coefficient (Wildman–Crippen LogP) is 5.40. The number of likely N-dealkylation sites (tertiary alicyclic amines) is 1. The van der Waals surface area contributed by atoms with E-state index in [1.54, 1.807) is 6.08 Å². The van der Waals surface area contributed by atoms with E-state index in [0.717, 1.165) is 40.7 Å². The average Bonchev–Trinajstić information content (AvgIpc) is 3.38. The number of likely N-dealkylation sites (N-methyl/N-ethyl adjacent to an activating group) is 1. The van der Waals surface area contributed by atoms with Gasteiger partial charge in [0.2, 0.25) is 0 Å². The fraction of sp³-hybridized carbons (Fsp3) is 0.391. The topological polar surface area (TPSA) is 78.9 Å². The van der Waals surface area contributed by atoms with Crippen LogP contribution in [0.1, 0.15) is 29.7 Å². The number of nitrogens with one attached hydrogen (secondary N) is 1. The summed E-state index contributed by atoms with van der Waals surface area (Å²) in [6.07, 6.45) is 0.607. The Balaban J connectivity index is 1.60. The first-order valence-electron chi connectivity index (χ1n) is 10.9. The molecule has 6 nitrogen and oxygen atoms in total. The van der Waals surface area contributed by atoms with E-state index in [9.17, 15) is 26.7 Å². The summed E-state index contributed by atoms with van der Waals surface area (Å²) in [7, 11) is -2.28. The van der Waals surface area contributed by atoms with E-state index in [-0.39, 0.29) is 21.5 Å². The van der Waals surface area contributed by atoms with E-state index < -0.39 is 33.6 Å². The molecular formula is C23H24ClF3N2O4S2. The summed E-state index contributed by atoms with van der Waals surface area (Å²) in [5.74, 6) is -0.420. The zero-order valence-corrected chi connectivity index (χ0v) is 21.1. The van der Waals surface area contributed by atoms with Gasteiger partial charge in [-0.2, -0.15) is 13.2 Å². The summed E-state index contributed by atoms with van der Waals surface area (Å²) < 4.78 is 74.6. The van der Waals surface area contributed by atoms with Crippen molar-refractivity contribution >= 4 is 44.2 Å². The van der Waals surface area contributed by atoms with Crippen LogP contribution in [0.3, 0.4) is 0 Å². The average molecular weight is 549 g/mol. The van der Waals surface area contributed by atoms with Gasteiger partial charge in [0.25, 0.3) is 10.0 Å². The molecule has 0 spiro atoms. The Bertz CT molecular complexity index is 1270. The number of rotatable bonds is 7. The highest BCUT2D eigenvalue weighted by atomic mass is 35.5. The Hall–Kier alpha value is -2.05. The molecule has 1 aliphatic heterocycles. The minimum Gasteiger partial charge on any atom is -0.488 e. The van der Waals surface area contributed by atoms with Gasteiger partial charge in [0.1, 0.15) is 16.1 Å². The Morgan fingerprint density at radius 1 is 1.31 bits per heavy atom. The molecule has 0 amide bonds. The van der Waals surface area contributed by atoms with Crippen molar-refractivity contribution in [2.24, 2.45) is 0 Å². The van der Waals surface area contributed by atoms with Crippen LogP contribution in [0.25, 0.3) is 5.57 Å². The number of hydrogen-bond acceptors (Lipinski definition) is 6. The number of aliphatic hydroxyl groups is 1. The van der Waals surface area contributed by atoms with Crippen LogP contribution in [0.4, 0.5) is 18.9 Å². The van der Waals surface area contributed by atoms with Gasteiger partial charge in [-0.15, -0.1) is 11.3 Å². The molecule has 1 aromatic carbocycles. The highest BCUT2D eigenvalue weighted by molar-refractivity contribution is 7.94. The molecule has 1 atom stereocenters. The third kappa shape index (κ3) is 6.03. The fourth-order valence-corrected chi connectivity index (χ4v) is 6.90. The normalized spacial score (nSPS) is 19.4. The zero-order chi connectivity index (χ0) is 25.4. The van der Waals surface area contributed by atoms with Gasteiger partial charge in [-0.25, -0.2) is 8.42 Å². The Labute approximate surface area is 210 Å². The number of nitrogens with zero attached hydrogens (tertiary/aromatic N) is 1. The number of thiophene rings is 1. The third-order valence-electron chi connectivity index (χ3n) is 5.76. The highest BCUT2D eigenvalue weighted by Gasteiger charge is 2.36. The summed E-state index contributed by atoms with van der Waals surface area (Å²) in [5, 5.41) is 9.64. The minimum absolute atomic E-state index is 0.0511. The molecule has 2 heterocycles. The van der Waals surface area contributed by atoms with Gasteiger partial charge in [0.15, 0.2) is 0 Å². The van der Waals surface area contributed by atoms with Crippen LogP contribution in [0.2, 0.25) is 5.02 Å². The maximum atomic E-state index is 13.5. The molecule has 1 unspecified atom stereocenters. The summed E-state index contributed by atoms with van der Waals surface area (Å²) in [5.41, 5.74) is 0.528. The van der Waals surface area contributed by atoms with Crippen LogP contribution in [0.15, 0.2) is 46.2 Å². The SMILES string of the molecule is CN1CCC(Oc2cc(NS(=O)(=O)c3cc(Cl)c(C4=CCCC(CO)=C4)s3)ccc2C(F)(F)F)C1. The highest BCUT2D eigenvalue weighted by Crippen LogP contribution is 2.41. The van der Waals surface area contributed by atoms with Crippen LogP contribution in [-0.4, -0.2) is 51.3 Å². The quantitative estimate of drug-likeness (QED) is 0.484. The summed E-state index contributed by atoms with van der Waals surface area (Å²) in [6, 6.07) is 4.24. The first kappa shape index (κ1) is 26.0. The van der Waals surface area contributed by atoms with Crippen molar-refractivity contribution in [3.63, 3.8) is 0 Å². The minimum atomic E-state index is -4.65. The van der Waals surface area contributed by atoms with Crippen molar-refractivity contribution in [3.8, 4) is 5.75 Å². The summed E-state index contributed by atoms with van der Waals surface area (Å²) in [4.78, 5) is 2.49. The zero-order valence-electron chi connectivity index (χ0n) is 18.7. The van der Waals surface area contributed by atoms with Gasteiger partial charge >= 0.3 is 6.18 Å². The van der Waals surface area contributed by atoms with Crippen molar-refractivity contribution in [1.29, 1.82) is 0 Å². The second-order valence-corrected chi connectivity index (χ2v) is 11.9. The molecule has 1 aromatic heterocycles. The standard InChI is InChI=1S/C23H24ClF3N2O4S2/c1-29-8-7-17(12-29)33-20-10-16(5-6-18(20)23(25,26)27)28-35(31,32)21-11-19(24)22(34-21)15-4-2-3-14(9-15)13-30/h4-6,9-11,17,28,30H,2-3,7-8,12-13H2,1H3. The lowest BCUT2D eigenvalue weighted by Crippen LogP contribution is -2.23. The lowest BCUT2D eigenvalue weighted by molar-refractivity contribution is -0.139. The van der Waals surface area contributed by atoms with E-state index in [1.165, 1.54) is 6.07 Å². The molecule has 1 saturated heterocycles. The van der Waals surface area contributed by atoms with E-state index >= 15 is 0 Å². The van der Waals surface area contributed by atoms with Crippen LogP contribution in [0, 0.1) is 0 Å². The van der Waals surface area contributed by atoms with Crippen molar-refractivity contribution in [2.45, 2.75) is 35.8 Å². The summed E-state index contributed by atoms with van der Waals surface area (Å²) >= 11 is 7.27. The number of hydrogen-bond donors (Lipinski definition) is 2. The Morgan fingerprint density at radius 3 is 2.74 bits per heavy atom. The number of alkyl halides is 3. The van der Waals surface area contributed by atoms with Gasteiger partial charge < -0.3 is 14.7 Å².